The Morgan fingerprint density at radius 3 is 2.59 bits per heavy atom. The number of likely N-dealkylation sites (N-methyl/N-ethyl adjacent to an activating group) is 1. The van der Waals surface area contributed by atoms with Gasteiger partial charge in [-0.3, -0.25) is 4.79 Å². The van der Waals surface area contributed by atoms with Crippen LogP contribution in [0.3, 0.4) is 0 Å². The highest BCUT2D eigenvalue weighted by atomic mass is 16.5. The maximum absolute atomic E-state index is 12.0. The van der Waals surface area contributed by atoms with E-state index in [2.05, 4.69) is 51.3 Å². The first kappa shape index (κ1) is 20.8. The van der Waals surface area contributed by atoms with E-state index >= 15 is 0 Å². The second kappa shape index (κ2) is 6.85. The molecule has 2 N–H and O–H groups in total. The molecular formula is C22H37N2O3-. The molecule has 6 atom stereocenters. The van der Waals surface area contributed by atoms with Gasteiger partial charge >= 0.3 is 0 Å². The summed E-state index contributed by atoms with van der Waals surface area (Å²) in [6.45, 7) is 10.6. The predicted octanol–water partition coefficient (Wildman–Crippen LogP) is 3.71. The minimum absolute atomic E-state index is 0.000924. The van der Waals surface area contributed by atoms with Crippen LogP contribution in [-0.4, -0.2) is 46.9 Å². The van der Waals surface area contributed by atoms with Crippen molar-refractivity contribution < 1.29 is 14.6 Å². The average Bonchev–Trinajstić information content (AvgIpc) is 2.98. The number of amides is 1. The zero-order valence-corrected chi connectivity index (χ0v) is 17.8. The van der Waals surface area contributed by atoms with Gasteiger partial charge in [0.05, 0.1) is 11.2 Å². The summed E-state index contributed by atoms with van der Waals surface area (Å²) in [6.07, 6.45) is 8.40. The van der Waals surface area contributed by atoms with E-state index in [-0.39, 0.29) is 34.6 Å². The second-order valence-electron chi connectivity index (χ2n) is 10.1. The summed E-state index contributed by atoms with van der Waals surface area (Å²) in [4.78, 5) is 11.3. The number of ether oxygens (including phenoxy) is 1. The summed E-state index contributed by atoms with van der Waals surface area (Å²) in [5, 5.41) is 19.6. The molecule has 1 saturated heterocycles. The van der Waals surface area contributed by atoms with Crippen LogP contribution in [0.15, 0.2) is 11.6 Å². The van der Waals surface area contributed by atoms with Gasteiger partial charge in [-0.1, -0.05) is 25.5 Å². The first-order valence-electron chi connectivity index (χ1n) is 10.4. The molecular weight excluding hydrogens is 340 g/mol. The monoisotopic (exact) mass is 377 g/mol. The minimum Gasteiger partial charge on any atom is -0.658 e. The first-order chi connectivity index (χ1) is 12.5. The first-order valence-corrected chi connectivity index (χ1v) is 10.4. The lowest BCUT2D eigenvalue weighted by Gasteiger charge is -2.59. The number of rotatable bonds is 5. The predicted molar refractivity (Wildman–Crippen MR) is 108 cm³/mol. The summed E-state index contributed by atoms with van der Waals surface area (Å²) < 4.78 is 6.65. The van der Waals surface area contributed by atoms with Crippen LogP contribution in [0, 0.1) is 11.8 Å². The molecule has 0 aromatic carbocycles. The molecule has 0 bridgehead atoms. The normalized spacial score (nSPS) is 45.1. The third-order valence-electron chi connectivity index (χ3n) is 7.95. The van der Waals surface area contributed by atoms with Crippen molar-refractivity contribution in [1.29, 1.82) is 0 Å². The van der Waals surface area contributed by atoms with Crippen molar-refractivity contribution in [2.45, 2.75) is 102 Å². The van der Waals surface area contributed by atoms with Crippen LogP contribution in [0.1, 0.15) is 73.1 Å². The Kier molecular flexibility index (Phi) is 5.28. The van der Waals surface area contributed by atoms with Gasteiger partial charge in [0.1, 0.15) is 0 Å². The summed E-state index contributed by atoms with van der Waals surface area (Å²) in [5.41, 5.74) is -0.702. The van der Waals surface area contributed by atoms with Crippen molar-refractivity contribution in [3.8, 4) is 0 Å². The number of aliphatic hydroxyl groups is 1. The topological polar surface area (TPSA) is 72.7 Å². The summed E-state index contributed by atoms with van der Waals surface area (Å²) in [5.74, 6) is 0.0189. The lowest BCUT2D eigenvalue weighted by atomic mass is 9.53. The standard InChI is InChI=1S/C22H37N2O3/c1-15-7-8-16-20(4,24-14-25)11-9-17(22(16,26)13-15)21(5)12-10-18(27-21)19(2,3)23-6/h13-14,16-18,26H,7-12H2,1-6H3,(H,24,25)/q-1. The Labute approximate surface area is 164 Å². The van der Waals surface area contributed by atoms with Crippen molar-refractivity contribution >= 4 is 6.41 Å². The highest BCUT2D eigenvalue weighted by Crippen LogP contribution is 2.56. The largest absolute Gasteiger partial charge is 0.658 e. The third kappa shape index (κ3) is 3.36. The van der Waals surface area contributed by atoms with Gasteiger partial charge in [-0.05, 0) is 59.3 Å². The lowest BCUT2D eigenvalue weighted by Crippen LogP contribution is -2.67. The molecule has 27 heavy (non-hydrogen) atoms. The molecule has 3 aliphatic rings. The number of hydrogen-bond donors (Lipinski definition) is 2. The summed E-state index contributed by atoms with van der Waals surface area (Å²) >= 11 is 0. The highest BCUT2D eigenvalue weighted by molar-refractivity contribution is 5.48. The third-order valence-corrected chi connectivity index (χ3v) is 7.95. The Balaban J connectivity index is 1.94. The van der Waals surface area contributed by atoms with Crippen LogP contribution >= 0.6 is 0 Å². The molecule has 1 saturated carbocycles. The van der Waals surface area contributed by atoms with E-state index in [4.69, 9.17) is 4.74 Å². The number of carbonyl (C=O) groups is 1. The zero-order chi connectivity index (χ0) is 20.1. The van der Waals surface area contributed by atoms with E-state index in [0.717, 1.165) is 44.9 Å². The fraction of sp³-hybridized carbons (Fsp3) is 0.864. The number of nitrogens with zero attached hydrogens (tertiary/aromatic N) is 1. The number of nitrogens with one attached hydrogen (secondary N) is 1. The molecule has 0 aromatic heterocycles. The quantitative estimate of drug-likeness (QED) is 0.567. The summed E-state index contributed by atoms with van der Waals surface area (Å²) in [7, 11) is 1.85. The van der Waals surface area contributed by atoms with Gasteiger partial charge in [-0.15, -0.1) is 5.54 Å². The molecule has 0 spiro atoms. The van der Waals surface area contributed by atoms with Crippen LogP contribution < -0.4 is 5.32 Å². The molecule has 5 nitrogen and oxygen atoms in total. The van der Waals surface area contributed by atoms with Gasteiger partial charge in [0.15, 0.2) is 0 Å². The summed E-state index contributed by atoms with van der Waals surface area (Å²) in [6, 6.07) is 0. The lowest BCUT2D eigenvalue weighted by molar-refractivity contribution is -0.184. The zero-order valence-electron chi connectivity index (χ0n) is 17.8. The highest BCUT2D eigenvalue weighted by Gasteiger charge is 2.61. The molecule has 0 aromatic rings. The Morgan fingerprint density at radius 1 is 1.26 bits per heavy atom. The van der Waals surface area contributed by atoms with Crippen LogP contribution in [0.2, 0.25) is 0 Å². The van der Waals surface area contributed by atoms with Crippen molar-refractivity contribution in [3.05, 3.63) is 17.0 Å². The van der Waals surface area contributed by atoms with E-state index in [0.29, 0.717) is 0 Å². The second-order valence-corrected chi connectivity index (χ2v) is 10.1. The van der Waals surface area contributed by atoms with Crippen molar-refractivity contribution in [3.63, 3.8) is 0 Å². The molecule has 0 radical (unpaired) electrons. The average molecular weight is 378 g/mol. The molecule has 154 valence electrons. The molecule has 2 fully saturated rings. The Morgan fingerprint density at radius 2 is 1.96 bits per heavy atom. The fourth-order valence-electron chi connectivity index (χ4n) is 6.05. The van der Waals surface area contributed by atoms with E-state index in [9.17, 15) is 9.90 Å². The molecule has 3 rings (SSSR count). The van der Waals surface area contributed by atoms with Crippen molar-refractivity contribution in [1.82, 2.24) is 5.32 Å². The maximum Gasteiger partial charge on any atom is 0.207 e. The van der Waals surface area contributed by atoms with E-state index in [1.165, 1.54) is 5.57 Å². The van der Waals surface area contributed by atoms with E-state index in [1.54, 1.807) is 0 Å². The van der Waals surface area contributed by atoms with Gasteiger partial charge < -0.3 is 20.5 Å². The van der Waals surface area contributed by atoms with Crippen LogP contribution in [-0.2, 0) is 9.53 Å². The van der Waals surface area contributed by atoms with Gasteiger partial charge in [0.2, 0.25) is 6.41 Å². The smallest absolute Gasteiger partial charge is 0.207 e. The fourth-order valence-corrected chi connectivity index (χ4v) is 6.05. The van der Waals surface area contributed by atoms with E-state index < -0.39 is 5.60 Å². The SMILES string of the molecule is C[N-]C(C)(C)C1CCC(C)(C2CCC(C)(NC=O)C3CCC(C)=CC32O)O1. The van der Waals surface area contributed by atoms with Crippen molar-refractivity contribution in [2.75, 3.05) is 7.05 Å². The molecule has 6 unspecified atom stereocenters. The van der Waals surface area contributed by atoms with E-state index in [1.807, 2.05) is 7.05 Å². The Bertz CT molecular complexity index is 619. The molecule has 2 aliphatic carbocycles. The van der Waals surface area contributed by atoms with Gasteiger partial charge in [-0.25, -0.2) is 0 Å². The molecule has 1 amide bonds. The number of hydrogen-bond acceptors (Lipinski definition) is 3. The van der Waals surface area contributed by atoms with Crippen LogP contribution in [0.5, 0.6) is 0 Å². The van der Waals surface area contributed by atoms with Crippen molar-refractivity contribution in [2.24, 2.45) is 11.8 Å². The number of fused-ring (bicyclic) bond motifs is 1. The maximum atomic E-state index is 12.0. The van der Waals surface area contributed by atoms with Gasteiger partial charge in [0, 0.05) is 23.5 Å². The van der Waals surface area contributed by atoms with Crippen LogP contribution in [0.4, 0.5) is 0 Å². The molecule has 1 aliphatic heterocycles. The minimum atomic E-state index is -0.956. The molecule has 1 heterocycles. The number of allylic oxidation sites excluding steroid dienone is 1. The molecule has 5 heteroatoms. The van der Waals surface area contributed by atoms with Gasteiger partial charge in [-0.2, -0.15) is 7.05 Å². The number of carbonyl (C=O) groups excluding carboxylic acids is 1. The Hall–Kier alpha value is -0.910. The van der Waals surface area contributed by atoms with Gasteiger partial charge in [0.25, 0.3) is 0 Å². The van der Waals surface area contributed by atoms with Crippen LogP contribution in [0.25, 0.3) is 5.32 Å².